The van der Waals surface area contributed by atoms with Gasteiger partial charge in [-0.25, -0.2) is 0 Å². The summed E-state index contributed by atoms with van der Waals surface area (Å²) in [6.07, 6.45) is 9.36. The summed E-state index contributed by atoms with van der Waals surface area (Å²) in [5.41, 5.74) is 1.34. The van der Waals surface area contributed by atoms with Crippen molar-refractivity contribution in [2.75, 3.05) is 0 Å². The Bertz CT molecular complexity index is 219. The molecule has 0 spiro atoms. The Balaban J connectivity index is 2.84. The van der Waals surface area contributed by atoms with Crippen molar-refractivity contribution in [1.82, 2.24) is 0 Å². The zero-order valence-corrected chi connectivity index (χ0v) is 7.46. The fourth-order valence-corrected chi connectivity index (χ4v) is 1.00. The molecule has 1 aliphatic rings. The molecular formula is C10H15N. The van der Waals surface area contributed by atoms with Crippen LogP contribution in [0.2, 0.25) is 0 Å². The van der Waals surface area contributed by atoms with E-state index in [2.05, 4.69) is 44.0 Å². The fourth-order valence-electron chi connectivity index (χ4n) is 1.00. The SMILES string of the molecule is CC1=CC=NC(C)(C)/C=C\C1. The quantitative estimate of drug-likeness (QED) is 0.470. The van der Waals surface area contributed by atoms with Gasteiger partial charge in [-0.05, 0) is 33.3 Å². The van der Waals surface area contributed by atoms with Crippen molar-refractivity contribution in [2.24, 2.45) is 4.99 Å². The van der Waals surface area contributed by atoms with Crippen LogP contribution in [0, 0.1) is 0 Å². The first-order valence-corrected chi connectivity index (χ1v) is 3.99. The first-order valence-electron chi connectivity index (χ1n) is 3.99. The van der Waals surface area contributed by atoms with Gasteiger partial charge in [-0.2, -0.15) is 0 Å². The number of allylic oxidation sites excluding steroid dienone is 3. The third kappa shape index (κ3) is 2.71. The highest BCUT2D eigenvalue weighted by Gasteiger charge is 2.09. The highest BCUT2D eigenvalue weighted by molar-refractivity contribution is 5.73. The molecule has 0 atom stereocenters. The van der Waals surface area contributed by atoms with E-state index >= 15 is 0 Å². The third-order valence-corrected chi connectivity index (χ3v) is 1.73. The van der Waals surface area contributed by atoms with Crippen molar-refractivity contribution in [2.45, 2.75) is 32.7 Å². The molecular weight excluding hydrogens is 134 g/mol. The molecule has 0 saturated carbocycles. The lowest BCUT2D eigenvalue weighted by molar-refractivity contribution is 0.658. The van der Waals surface area contributed by atoms with Crippen molar-refractivity contribution in [3.05, 3.63) is 23.8 Å². The van der Waals surface area contributed by atoms with E-state index < -0.39 is 0 Å². The van der Waals surface area contributed by atoms with Gasteiger partial charge < -0.3 is 0 Å². The second-order valence-electron chi connectivity index (χ2n) is 3.55. The molecule has 0 unspecified atom stereocenters. The smallest absolute Gasteiger partial charge is 0.0731 e. The average Bonchev–Trinajstić information content (AvgIpc) is 1.83. The minimum absolute atomic E-state index is 0.0167. The van der Waals surface area contributed by atoms with Crippen LogP contribution in [0.5, 0.6) is 0 Å². The van der Waals surface area contributed by atoms with Crippen LogP contribution in [-0.4, -0.2) is 11.8 Å². The van der Waals surface area contributed by atoms with Gasteiger partial charge in [0.1, 0.15) is 0 Å². The van der Waals surface area contributed by atoms with Crippen LogP contribution in [0.15, 0.2) is 28.8 Å². The molecule has 0 aromatic rings. The van der Waals surface area contributed by atoms with Crippen molar-refractivity contribution >= 4 is 6.21 Å². The van der Waals surface area contributed by atoms with Gasteiger partial charge in [0, 0.05) is 6.21 Å². The molecule has 0 bridgehead atoms. The van der Waals surface area contributed by atoms with Crippen LogP contribution in [0.25, 0.3) is 0 Å². The highest BCUT2D eigenvalue weighted by Crippen LogP contribution is 2.14. The number of hydrogen-bond acceptors (Lipinski definition) is 1. The number of hydrogen-bond donors (Lipinski definition) is 0. The first-order chi connectivity index (χ1) is 5.10. The zero-order chi connectivity index (χ0) is 8.32. The Morgan fingerprint density at radius 1 is 1.45 bits per heavy atom. The molecule has 0 aromatic carbocycles. The lowest BCUT2D eigenvalue weighted by atomic mass is 10.0. The Morgan fingerprint density at radius 2 is 2.18 bits per heavy atom. The molecule has 1 heterocycles. The molecule has 0 saturated heterocycles. The molecule has 0 aliphatic carbocycles. The highest BCUT2D eigenvalue weighted by atomic mass is 14.8. The van der Waals surface area contributed by atoms with Crippen LogP contribution < -0.4 is 0 Å². The molecule has 1 rings (SSSR count). The molecule has 0 aromatic heterocycles. The van der Waals surface area contributed by atoms with Gasteiger partial charge in [-0.15, -0.1) is 0 Å². The van der Waals surface area contributed by atoms with Crippen LogP contribution in [0.4, 0.5) is 0 Å². The number of aliphatic imine (C=N–C) groups is 1. The van der Waals surface area contributed by atoms with E-state index in [1.54, 1.807) is 0 Å². The van der Waals surface area contributed by atoms with Crippen LogP contribution in [0.3, 0.4) is 0 Å². The van der Waals surface area contributed by atoms with E-state index in [-0.39, 0.29) is 5.54 Å². The summed E-state index contributed by atoms with van der Waals surface area (Å²) >= 11 is 0. The van der Waals surface area contributed by atoms with E-state index in [0.29, 0.717) is 0 Å². The summed E-state index contributed by atoms with van der Waals surface area (Å²) in [6, 6.07) is 0. The third-order valence-electron chi connectivity index (χ3n) is 1.73. The number of nitrogens with zero attached hydrogens (tertiary/aromatic N) is 1. The zero-order valence-electron chi connectivity index (χ0n) is 7.46. The summed E-state index contributed by atoms with van der Waals surface area (Å²) in [6.45, 7) is 6.33. The molecule has 0 fully saturated rings. The van der Waals surface area contributed by atoms with Gasteiger partial charge in [0.15, 0.2) is 0 Å². The molecule has 0 amide bonds. The van der Waals surface area contributed by atoms with Crippen molar-refractivity contribution in [3.8, 4) is 0 Å². The normalized spacial score (nSPS) is 25.2. The van der Waals surface area contributed by atoms with Crippen LogP contribution in [-0.2, 0) is 0 Å². The van der Waals surface area contributed by atoms with Gasteiger partial charge >= 0.3 is 0 Å². The van der Waals surface area contributed by atoms with Gasteiger partial charge in [0.05, 0.1) is 5.54 Å². The maximum Gasteiger partial charge on any atom is 0.0731 e. The second-order valence-corrected chi connectivity index (χ2v) is 3.55. The van der Waals surface area contributed by atoms with Crippen molar-refractivity contribution < 1.29 is 0 Å². The summed E-state index contributed by atoms with van der Waals surface area (Å²) in [4.78, 5) is 4.38. The lowest BCUT2D eigenvalue weighted by Crippen LogP contribution is -2.12. The Hall–Kier alpha value is -0.850. The Kier molecular flexibility index (Phi) is 2.28. The molecule has 1 aliphatic heterocycles. The summed E-state index contributed by atoms with van der Waals surface area (Å²) in [7, 11) is 0. The molecule has 0 radical (unpaired) electrons. The predicted octanol–water partition coefficient (Wildman–Crippen LogP) is 2.74. The maximum atomic E-state index is 4.38. The van der Waals surface area contributed by atoms with Gasteiger partial charge in [-0.1, -0.05) is 17.7 Å². The Morgan fingerprint density at radius 3 is 2.91 bits per heavy atom. The van der Waals surface area contributed by atoms with E-state index in [9.17, 15) is 0 Å². The number of rotatable bonds is 0. The summed E-state index contributed by atoms with van der Waals surface area (Å²) in [5, 5.41) is 0. The second kappa shape index (κ2) is 3.04. The minimum atomic E-state index is -0.0167. The minimum Gasteiger partial charge on any atom is -0.283 e. The standard InChI is InChI=1S/C10H15N/c1-9-5-4-7-10(2,3)11-8-6-9/h4,6-8H,5H2,1-3H3/b7-4-,9-6?,11-8?. The van der Waals surface area contributed by atoms with Gasteiger partial charge in [0.2, 0.25) is 0 Å². The lowest BCUT2D eigenvalue weighted by Gasteiger charge is -2.14. The van der Waals surface area contributed by atoms with E-state index in [1.165, 1.54) is 5.57 Å². The van der Waals surface area contributed by atoms with Crippen molar-refractivity contribution in [3.63, 3.8) is 0 Å². The van der Waals surface area contributed by atoms with Crippen LogP contribution >= 0.6 is 0 Å². The average molecular weight is 149 g/mol. The topological polar surface area (TPSA) is 12.4 Å². The van der Waals surface area contributed by atoms with Crippen LogP contribution in [0.1, 0.15) is 27.2 Å². The maximum absolute atomic E-state index is 4.38. The van der Waals surface area contributed by atoms with E-state index in [4.69, 9.17) is 0 Å². The fraction of sp³-hybridized carbons (Fsp3) is 0.500. The first kappa shape index (κ1) is 8.25. The molecule has 1 heteroatoms. The molecule has 0 N–H and O–H groups in total. The molecule has 60 valence electrons. The molecule has 11 heavy (non-hydrogen) atoms. The summed E-state index contributed by atoms with van der Waals surface area (Å²) < 4.78 is 0. The predicted molar refractivity (Wildman–Crippen MR) is 50.1 cm³/mol. The summed E-state index contributed by atoms with van der Waals surface area (Å²) in [5.74, 6) is 0. The van der Waals surface area contributed by atoms with E-state index in [0.717, 1.165) is 6.42 Å². The van der Waals surface area contributed by atoms with Gasteiger partial charge in [0.25, 0.3) is 0 Å². The molecule has 1 nitrogen and oxygen atoms in total. The van der Waals surface area contributed by atoms with Crippen molar-refractivity contribution in [1.29, 1.82) is 0 Å². The monoisotopic (exact) mass is 149 g/mol. The Labute approximate surface area is 68.5 Å². The largest absolute Gasteiger partial charge is 0.283 e. The van der Waals surface area contributed by atoms with E-state index in [1.807, 2.05) is 6.21 Å². The van der Waals surface area contributed by atoms with Gasteiger partial charge in [-0.3, -0.25) is 4.99 Å².